The Kier molecular flexibility index (Phi) is 7.58. The summed E-state index contributed by atoms with van der Waals surface area (Å²) in [6.07, 6.45) is -4.28. The fraction of sp³-hybridized carbons (Fsp3) is 0.100. The number of benzene rings is 2. The first-order valence-corrected chi connectivity index (χ1v) is 12.5. The fourth-order valence-electron chi connectivity index (χ4n) is 2.56. The van der Waals surface area contributed by atoms with Crippen LogP contribution in [-0.2, 0) is 13.6 Å². The minimum atomic E-state index is -3.11. The van der Waals surface area contributed by atoms with Gasteiger partial charge in [0.25, 0.3) is 0 Å². The predicted octanol–water partition coefficient (Wildman–Crippen LogP) is 8.57. The van der Waals surface area contributed by atoms with E-state index in [1.807, 2.05) is 0 Å². The fourth-order valence-corrected chi connectivity index (χ4v) is 4.96. The molecule has 5 nitrogen and oxygen atoms in total. The van der Waals surface area contributed by atoms with Crippen LogP contribution in [0, 0.1) is 0 Å². The van der Waals surface area contributed by atoms with Gasteiger partial charge < -0.3 is 0 Å². The lowest BCUT2D eigenvalue weighted by Crippen LogP contribution is -1.97. The van der Waals surface area contributed by atoms with Crippen LogP contribution in [0.4, 0.5) is 8.78 Å². The van der Waals surface area contributed by atoms with Gasteiger partial charge >= 0.3 is 21.0 Å². The molecule has 0 N–H and O–H groups in total. The van der Waals surface area contributed by atoms with Gasteiger partial charge in [0.2, 0.25) is 0 Å². The Hall–Kier alpha value is -1.84. The summed E-state index contributed by atoms with van der Waals surface area (Å²) in [7, 11) is -3.11. The van der Waals surface area contributed by atoms with E-state index in [1.165, 1.54) is 0 Å². The molecule has 164 valence electrons. The zero-order valence-electron chi connectivity index (χ0n) is 15.8. The molecule has 0 saturated heterocycles. The predicted molar refractivity (Wildman–Crippen MR) is 123 cm³/mol. The molecular formula is C20H12Cl2F2N2O3PS2+. The van der Waals surface area contributed by atoms with Crippen molar-refractivity contribution >= 4 is 54.1 Å². The average molecular weight is 532 g/mol. The Morgan fingerprint density at radius 3 is 1.50 bits per heavy atom. The summed E-state index contributed by atoms with van der Waals surface area (Å²) in [4.78, 5) is 8.24. The molecule has 0 aliphatic heterocycles. The van der Waals surface area contributed by atoms with Gasteiger partial charge in [-0.1, -0.05) is 56.5 Å². The molecule has 0 saturated carbocycles. The summed E-state index contributed by atoms with van der Waals surface area (Å²) < 4.78 is 50.1. The molecule has 2 aromatic heterocycles. The first kappa shape index (κ1) is 23.3. The number of thiazole rings is 2. The standard InChI is InChI=1S/C20H12Cl2F2N2O3PS2/c21-13-5-1-11(2-6-13)15-9-31-19(25-15)17(23)28-30(27)29-18(24)20-26-16(10-32-20)12-3-7-14(22)8-4-12/h1-10,17-18H/q+1. The van der Waals surface area contributed by atoms with Crippen molar-refractivity contribution < 1.29 is 22.4 Å². The van der Waals surface area contributed by atoms with Crippen LogP contribution in [0.25, 0.3) is 22.5 Å². The third-order valence-electron chi connectivity index (χ3n) is 4.07. The van der Waals surface area contributed by atoms with Gasteiger partial charge in [-0.2, -0.15) is 0 Å². The maximum absolute atomic E-state index is 14.4. The van der Waals surface area contributed by atoms with Crippen LogP contribution < -0.4 is 0 Å². The van der Waals surface area contributed by atoms with Crippen LogP contribution in [0.2, 0.25) is 10.0 Å². The number of hydrogen-bond acceptors (Lipinski definition) is 7. The Morgan fingerprint density at radius 2 is 1.12 bits per heavy atom. The summed E-state index contributed by atoms with van der Waals surface area (Å²) in [5.41, 5.74) is 2.47. The Balaban J connectivity index is 1.35. The van der Waals surface area contributed by atoms with E-state index in [0.29, 0.717) is 21.4 Å². The summed E-state index contributed by atoms with van der Waals surface area (Å²) in [6, 6.07) is 13.7. The van der Waals surface area contributed by atoms with Gasteiger partial charge in [-0.3, -0.25) is 0 Å². The molecular weight excluding hydrogens is 520 g/mol. The van der Waals surface area contributed by atoms with E-state index in [-0.39, 0.29) is 10.0 Å². The van der Waals surface area contributed by atoms with Crippen molar-refractivity contribution in [1.82, 2.24) is 9.97 Å². The van der Waals surface area contributed by atoms with E-state index in [1.54, 1.807) is 59.3 Å². The van der Waals surface area contributed by atoms with Gasteiger partial charge in [-0.05, 0) is 24.3 Å². The SMILES string of the molecule is O=[P+](OC(F)c1nc(-c2ccc(Cl)cc2)cs1)OC(F)c1nc(-c2ccc(Cl)cc2)cs1. The molecule has 4 aromatic rings. The van der Waals surface area contributed by atoms with Crippen molar-refractivity contribution in [3.8, 4) is 22.5 Å². The maximum atomic E-state index is 14.4. The Bertz CT molecular complexity index is 1130. The van der Waals surface area contributed by atoms with Crippen LogP contribution in [0.3, 0.4) is 0 Å². The van der Waals surface area contributed by atoms with Crippen molar-refractivity contribution in [3.63, 3.8) is 0 Å². The highest BCUT2D eigenvalue weighted by molar-refractivity contribution is 7.33. The normalized spacial score (nSPS) is 13.7. The van der Waals surface area contributed by atoms with Crippen LogP contribution in [0.5, 0.6) is 0 Å². The molecule has 0 spiro atoms. The summed E-state index contributed by atoms with van der Waals surface area (Å²) in [5.74, 6) is 0. The molecule has 2 heterocycles. The Morgan fingerprint density at radius 1 is 0.750 bits per heavy atom. The summed E-state index contributed by atoms with van der Waals surface area (Å²) in [5, 5.41) is 4.22. The lowest BCUT2D eigenvalue weighted by Gasteiger charge is -1.99. The highest BCUT2D eigenvalue weighted by Gasteiger charge is 2.36. The van der Waals surface area contributed by atoms with Crippen molar-refractivity contribution in [2.24, 2.45) is 0 Å². The summed E-state index contributed by atoms with van der Waals surface area (Å²) in [6.45, 7) is 0. The first-order chi connectivity index (χ1) is 15.4. The summed E-state index contributed by atoms with van der Waals surface area (Å²) >= 11 is 13.7. The molecule has 0 bridgehead atoms. The monoisotopic (exact) mass is 531 g/mol. The van der Waals surface area contributed by atoms with Crippen molar-refractivity contribution in [3.05, 3.63) is 79.4 Å². The lowest BCUT2D eigenvalue weighted by atomic mass is 10.2. The first-order valence-electron chi connectivity index (χ1n) is 8.91. The van der Waals surface area contributed by atoms with Gasteiger partial charge in [-0.15, -0.1) is 22.7 Å². The number of aromatic nitrogens is 2. The second-order valence-corrected chi connectivity index (χ2v) is 9.74. The average Bonchev–Trinajstić information content (AvgIpc) is 3.45. The second kappa shape index (κ2) is 10.4. The van der Waals surface area contributed by atoms with Crippen LogP contribution >= 0.6 is 54.1 Å². The number of hydrogen-bond donors (Lipinski definition) is 0. The molecule has 2 unspecified atom stereocenters. The maximum Gasteiger partial charge on any atom is 0.704 e. The molecule has 0 aliphatic carbocycles. The van der Waals surface area contributed by atoms with E-state index in [4.69, 9.17) is 23.2 Å². The smallest absolute Gasteiger partial charge is 0.235 e. The molecule has 0 fully saturated rings. The van der Waals surface area contributed by atoms with E-state index < -0.39 is 21.0 Å². The lowest BCUT2D eigenvalue weighted by molar-refractivity contribution is 0.0126. The molecule has 4 rings (SSSR count). The van der Waals surface area contributed by atoms with E-state index in [0.717, 1.165) is 33.8 Å². The zero-order valence-corrected chi connectivity index (χ0v) is 19.9. The molecule has 0 radical (unpaired) electrons. The van der Waals surface area contributed by atoms with Gasteiger partial charge in [0, 0.05) is 36.5 Å². The number of alkyl halides is 2. The number of halogens is 4. The minimum Gasteiger partial charge on any atom is -0.235 e. The van der Waals surface area contributed by atoms with Gasteiger partial charge in [0.1, 0.15) is 0 Å². The largest absolute Gasteiger partial charge is 0.704 e. The van der Waals surface area contributed by atoms with Gasteiger partial charge in [0.15, 0.2) is 10.0 Å². The van der Waals surface area contributed by atoms with E-state index >= 15 is 0 Å². The highest BCUT2D eigenvalue weighted by Crippen LogP contribution is 2.41. The van der Waals surface area contributed by atoms with E-state index in [2.05, 4.69) is 19.0 Å². The molecule has 32 heavy (non-hydrogen) atoms. The van der Waals surface area contributed by atoms with E-state index in [9.17, 15) is 13.3 Å². The number of rotatable bonds is 8. The van der Waals surface area contributed by atoms with Gasteiger partial charge in [-0.25, -0.2) is 18.7 Å². The van der Waals surface area contributed by atoms with Gasteiger partial charge in [0.05, 0.1) is 11.4 Å². The van der Waals surface area contributed by atoms with Crippen molar-refractivity contribution in [2.45, 2.75) is 12.7 Å². The number of nitrogens with zero attached hydrogens (tertiary/aromatic N) is 2. The highest BCUT2D eigenvalue weighted by atomic mass is 35.5. The molecule has 2 atom stereocenters. The zero-order chi connectivity index (χ0) is 22.7. The van der Waals surface area contributed by atoms with Crippen LogP contribution in [0.15, 0.2) is 59.3 Å². The molecule has 0 amide bonds. The topological polar surface area (TPSA) is 61.3 Å². The van der Waals surface area contributed by atoms with Crippen molar-refractivity contribution in [2.75, 3.05) is 0 Å². The van der Waals surface area contributed by atoms with Crippen molar-refractivity contribution in [1.29, 1.82) is 0 Å². The second-order valence-electron chi connectivity index (χ2n) is 6.22. The molecule has 12 heteroatoms. The quantitative estimate of drug-likeness (QED) is 0.213. The Labute approximate surface area is 200 Å². The molecule has 0 aliphatic rings. The van der Waals surface area contributed by atoms with Crippen LogP contribution in [0.1, 0.15) is 22.7 Å². The third kappa shape index (κ3) is 5.74. The molecule has 2 aromatic carbocycles. The third-order valence-corrected chi connectivity index (χ3v) is 7.01. The van der Waals surface area contributed by atoms with Crippen LogP contribution in [-0.4, -0.2) is 9.97 Å². The minimum absolute atomic E-state index is 0.0726.